The summed E-state index contributed by atoms with van der Waals surface area (Å²) in [5.41, 5.74) is 0.646. The van der Waals surface area contributed by atoms with Gasteiger partial charge in [0.1, 0.15) is 17.7 Å². The molecule has 0 saturated carbocycles. The number of para-hydroxylation sites is 1. The third-order valence-electron chi connectivity index (χ3n) is 3.59. The molecule has 0 bridgehead atoms. The maximum Gasteiger partial charge on any atom is 0.235 e. The van der Waals surface area contributed by atoms with E-state index in [0.29, 0.717) is 16.3 Å². The summed E-state index contributed by atoms with van der Waals surface area (Å²) in [4.78, 5) is 0.633. The first-order valence-corrected chi connectivity index (χ1v) is 8.70. The molecule has 0 aliphatic carbocycles. The summed E-state index contributed by atoms with van der Waals surface area (Å²) in [5, 5.41) is 13.6. The van der Waals surface area contributed by atoms with Crippen molar-refractivity contribution in [2.75, 3.05) is 0 Å². The third-order valence-corrected chi connectivity index (χ3v) is 4.94. The molecule has 0 N–H and O–H groups in total. The Labute approximate surface area is 151 Å². The lowest BCUT2D eigenvalue weighted by Gasteiger charge is -2.11. The lowest BCUT2D eigenvalue weighted by Crippen LogP contribution is -2.03. The highest BCUT2D eigenvalue weighted by molar-refractivity contribution is 7.16. The van der Waals surface area contributed by atoms with Crippen LogP contribution in [0.1, 0.15) is 18.0 Å². The Kier molecular flexibility index (Phi) is 4.10. The second kappa shape index (κ2) is 6.42. The van der Waals surface area contributed by atoms with E-state index in [4.69, 9.17) is 16.3 Å². The molecule has 0 aliphatic heterocycles. The highest BCUT2D eigenvalue weighted by Crippen LogP contribution is 2.29. The maximum absolute atomic E-state index is 13.4. The van der Waals surface area contributed by atoms with E-state index in [9.17, 15) is 4.39 Å². The van der Waals surface area contributed by atoms with Crippen LogP contribution >= 0.6 is 22.9 Å². The predicted molar refractivity (Wildman–Crippen MR) is 94.5 cm³/mol. The first kappa shape index (κ1) is 16.0. The summed E-state index contributed by atoms with van der Waals surface area (Å²) < 4.78 is 20.9. The largest absolute Gasteiger partial charge is 0.483 e. The molecule has 4 rings (SSSR count). The summed E-state index contributed by atoms with van der Waals surface area (Å²) >= 11 is 7.25. The van der Waals surface area contributed by atoms with Crippen LogP contribution in [0.3, 0.4) is 0 Å². The van der Waals surface area contributed by atoms with E-state index < -0.39 is 5.82 Å². The van der Waals surface area contributed by atoms with E-state index in [1.165, 1.54) is 23.5 Å². The molecule has 126 valence electrons. The average Bonchev–Trinajstić information content (AvgIpc) is 3.19. The number of nitrogens with zero attached hydrogens (tertiary/aromatic N) is 4. The van der Waals surface area contributed by atoms with Crippen LogP contribution in [0.5, 0.6) is 5.75 Å². The molecular weight excluding hydrogens is 363 g/mol. The predicted octanol–water partition coefficient (Wildman–Crippen LogP) is 4.79. The summed E-state index contributed by atoms with van der Waals surface area (Å²) in [5.74, 6) is 0.799. The van der Waals surface area contributed by atoms with Crippen molar-refractivity contribution >= 4 is 27.9 Å². The van der Waals surface area contributed by atoms with Crippen molar-refractivity contribution in [3.63, 3.8) is 0 Å². The smallest absolute Gasteiger partial charge is 0.235 e. The molecule has 25 heavy (non-hydrogen) atoms. The van der Waals surface area contributed by atoms with Gasteiger partial charge in [-0.05, 0) is 37.3 Å². The topological polar surface area (TPSA) is 52.3 Å². The van der Waals surface area contributed by atoms with Crippen molar-refractivity contribution in [3.05, 3.63) is 64.4 Å². The molecule has 5 nitrogen and oxygen atoms in total. The van der Waals surface area contributed by atoms with Crippen LogP contribution in [0.4, 0.5) is 4.39 Å². The molecule has 0 amide bonds. The fourth-order valence-electron chi connectivity index (χ4n) is 2.36. The van der Waals surface area contributed by atoms with Gasteiger partial charge in [-0.1, -0.05) is 41.1 Å². The van der Waals surface area contributed by atoms with Crippen LogP contribution in [0.25, 0.3) is 16.3 Å². The average molecular weight is 375 g/mol. The maximum atomic E-state index is 13.4. The zero-order chi connectivity index (χ0) is 17.4. The Bertz CT molecular complexity index is 1030. The Morgan fingerprint density at radius 2 is 1.96 bits per heavy atom. The van der Waals surface area contributed by atoms with Crippen molar-refractivity contribution in [2.45, 2.75) is 13.0 Å². The van der Waals surface area contributed by atoms with Crippen molar-refractivity contribution in [2.24, 2.45) is 0 Å². The third kappa shape index (κ3) is 3.08. The number of benzene rings is 2. The lowest BCUT2D eigenvalue weighted by atomic mass is 10.2. The number of aromatic nitrogens is 4. The number of ether oxygens (including phenoxy) is 1. The van der Waals surface area contributed by atoms with Gasteiger partial charge in [0.05, 0.1) is 5.02 Å². The number of hydrogen-bond donors (Lipinski definition) is 0. The van der Waals surface area contributed by atoms with Gasteiger partial charge in [0, 0.05) is 5.56 Å². The van der Waals surface area contributed by atoms with Gasteiger partial charge < -0.3 is 4.74 Å². The Balaban J connectivity index is 1.67. The minimum Gasteiger partial charge on any atom is -0.483 e. The van der Waals surface area contributed by atoms with Gasteiger partial charge in [0.2, 0.25) is 4.96 Å². The molecule has 0 aliphatic rings. The second-order valence-corrected chi connectivity index (χ2v) is 6.76. The number of hydrogen-bond acceptors (Lipinski definition) is 5. The molecule has 1 unspecified atom stereocenters. The van der Waals surface area contributed by atoms with Crippen LogP contribution in [0.2, 0.25) is 5.02 Å². The summed E-state index contributed by atoms with van der Waals surface area (Å²) in [7, 11) is 0. The van der Waals surface area contributed by atoms with E-state index in [2.05, 4.69) is 15.3 Å². The molecule has 2 aromatic carbocycles. The van der Waals surface area contributed by atoms with E-state index in [1.807, 2.05) is 37.3 Å². The summed E-state index contributed by atoms with van der Waals surface area (Å²) in [6.07, 6.45) is -0.237. The number of halogens is 2. The zero-order valence-corrected chi connectivity index (χ0v) is 14.6. The van der Waals surface area contributed by atoms with Crippen LogP contribution in [0.15, 0.2) is 48.5 Å². The first-order valence-electron chi connectivity index (χ1n) is 7.51. The molecule has 1 atom stereocenters. The molecular formula is C17H12ClFN4OS. The summed E-state index contributed by atoms with van der Waals surface area (Å²) in [6.45, 7) is 1.92. The van der Waals surface area contributed by atoms with E-state index in [0.717, 1.165) is 10.8 Å². The van der Waals surface area contributed by atoms with Gasteiger partial charge in [0.15, 0.2) is 10.8 Å². The van der Waals surface area contributed by atoms with Gasteiger partial charge in [-0.25, -0.2) is 4.39 Å². The van der Waals surface area contributed by atoms with Gasteiger partial charge in [-0.15, -0.1) is 10.2 Å². The molecule has 8 heteroatoms. The Morgan fingerprint density at radius 3 is 2.72 bits per heavy atom. The van der Waals surface area contributed by atoms with Gasteiger partial charge in [0.25, 0.3) is 0 Å². The molecule has 4 aromatic rings. The highest BCUT2D eigenvalue weighted by Gasteiger charge is 2.18. The highest BCUT2D eigenvalue weighted by atomic mass is 35.5. The van der Waals surface area contributed by atoms with Gasteiger partial charge in [-0.2, -0.15) is 9.61 Å². The minimum atomic E-state index is -0.477. The fourth-order valence-corrected chi connectivity index (χ4v) is 3.36. The van der Waals surface area contributed by atoms with Gasteiger partial charge >= 0.3 is 0 Å². The number of rotatable bonds is 4. The minimum absolute atomic E-state index is 0.0329. The Hall–Kier alpha value is -2.51. The van der Waals surface area contributed by atoms with Crippen LogP contribution in [0, 0.1) is 5.82 Å². The van der Waals surface area contributed by atoms with Crippen LogP contribution < -0.4 is 4.74 Å². The fraction of sp³-hybridized carbons (Fsp3) is 0.118. The Morgan fingerprint density at radius 1 is 1.16 bits per heavy atom. The quantitative estimate of drug-likeness (QED) is 0.515. The SMILES string of the molecule is CC(Oc1ccccc1)c1nn2c(-c3ccc(F)c(Cl)c3)nnc2s1. The molecule has 0 fully saturated rings. The van der Waals surface area contributed by atoms with Crippen LogP contribution in [-0.2, 0) is 0 Å². The molecule has 0 spiro atoms. The van der Waals surface area contributed by atoms with E-state index in [1.54, 1.807) is 10.6 Å². The molecule has 0 radical (unpaired) electrons. The van der Waals surface area contributed by atoms with Crippen molar-refractivity contribution < 1.29 is 9.13 Å². The first-order chi connectivity index (χ1) is 12.1. The molecule has 2 aromatic heterocycles. The molecule has 0 saturated heterocycles. The van der Waals surface area contributed by atoms with Crippen LogP contribution in [-0.4, -0.2) is 19.8 Å². The van der Waals surface area contributed by atoms with Gasteiger partial charge in [-0.3, -0.25) is 0 Å². The van der Waals surface area contributed by atoms with Crippen molar-refractivity contribution in [1.29, 1.82) is 0 Å². The number of fused-ring (bicyclic) bond motifs is 1. The van der Waals surface area contributed by atoms with Crippen molar-refractivity contribution in [3.8, 4) is 17.1 Å². The van der Waals surface area contributed by atoms with Crippen molar-refractivity contribution in [1.82, 2.24) is 19.8 Å². The monoisotopic (exact) mass is 374 g/mol. The molecule has 2 heterocycles. The standard InChI is InChI=1S/C17H12ClFN4OS/c1-10(24-12-5-3-2-4-6-12)16-22-23-15(20-21-17(23)25-16)11-7-8-14(19)13(18)9-11/h2-10H,1H3. The van der Waals surface area contributed by atoms with E-state index in [-0.39, 0.29) is 11.1 Å². The zero-order valence-electron chi connectivity index (χ0n) is 13.1. The van der Waals surface area contributed by atoms with E-state index >= 15 is 0 Å². The lowest BCUT2D eigenvalue weighted by molar-refractivity contribution is 0.225. The normalized spacial score (nSPS) is 12.4. The second-order valence-electron chi connectivity index (χ2n) is 5.36. The summed E-state index contributed by atoms with van der Waals surface area (Å²) in [6, 6.07) is 13.9.